The second-order valence-corrected chi connectivity index (χ2v) is 7.36. The number of anilines is 1. The molecule has 3 rings (SSSR count). The summed E-state index contributed by atoms with van der Waals surface area (Å²) in [5, 5.41) is 5.85. The Bertz CT molecular complexity index is 892. The highest BCUT2D eigenvalue weighted by molar-refractivity contribution is 5.97. The van der Waals surface area contributed by atoms with Crippen LogP contribution in [0.4, 0.5) is 18.9 Å². The number of carbonyl (C=O) groups is 2. The first-order valence-electron chi connectivity index (χ1n) is 9.55. The van der Waals surface area contributed by atoms with Gasteiger partial charge in [-0.3, -0.25) is 9.59 Å². The van der Waals surface area contributed by atoms with Crippen LogP contribution in [0.15, 0.2) is 48.5 Å². The standard InChI is InChI=1S/C22H23F3N2O2/c1-14(28)16-7-4-10-19(12-16)27-20(29)13-26-21(15-5-2-6-15)17-8-3-9-18(11-17)22(23,24)25/h3-4,7-12,15,21,26H,2,5-6,13H2,1H3,(H,27,29). The number of rotatable bonds is 7. The maximum atomic E-state index is 13.1. The molecular formula is C22H23F3N2O2. The summed E-state index contributed by atoms with van der Waals surface area (Å²) in [6.07, 6.45) is -1.54. The van der Waals surface area contributed by atoms with Crippen molar-refractivity contribution in [2.45, 2.75) is 38.4 Å². The topological polar surface area (TPSA) is 58.2 Å². The highest BCUT2D eigenvalue weighted by Crippen LogP contribution is 2.39. The van der Waals surface area contributed by atoms with Crippen LogP contribution in [0.25, 0.3) is 0 Å². The van der Waals surface area contributed by atoms with E-state index in [-0.39, 0.29) is 30.2 Å². The first-order valence-corrected chi connectivity index (χ1v) is 9.55. The molecular weight excluding hydrogens is 381 g/mol. The summed E-state index contributed by atoms with van der Waals surface area (Å²) in [5.41, 5.74) is 0.846. The van der Waals surface area contributed by atoms with Crippen molar-refractivity contribution in [3.8, 4) is 0 Å². The molecule has 1 saturated carbocycles. The summed E-state index contributed by atoms with van der Waals surface area (Å²) in [6, 6.07) is 11.6. The molecule has 0 saturated heterocycles. The Morgan fingerprint density at radius 3 is 2.45 bits per heavy atom. The molecule has 0 bridgehead atoms. The van der Waals surface area contributed by atoms with Crippen LogP contribution in [0, 0.1) is 5.92 Å². The lowest BCUT2D eigenvalue weighted by molar-refractivity contribution is -0.137. The predicted molar refractivity (Wildman–Crippen MR) is 105 cm³/mol. The molecule has 1 unspecified atom stereocenters. The van der Waals surface area contributed by atoms with Crippen LogP contribution in [0.2, 0.25) is 0 Å². The van der Waals surface area contributed by atoms with Gasteiger partial charge in [-0.1, -0.05) is 30.7 Å². The molecule has 0 heterocycles. The van der Waals surface area contributed by atoms with Crippen molar-refractivity contribution in [3.05, 3.63) is 65.2 Å². The normalized spacial score (nSPS) is 15.4. The summed E-state index contributed by atoms with van der Waals surface area (Å²) in [4.78, 5) is 23.8. The average molecular weight is 404 g/mol. The molecule has 0 radical (unpaired) electrons. The summed E-state index contributed by atoms with van der Waals surface area (Å²) < 4.78 is 39.2. The van der Waals surface area contributed by atoms with Gasteiger partial charge in [0, 0.05) is 17.3 Å². The Morgan fingerprint density at radius 2 is 1.83 bits per heavy atom. The lowest BCUT2D eigenvalue weighted by Crippen LogP contribution is -2.37. The zero-order valence-electron chi connectivity index (χ0n) is 16.1. The van der Waals surface area contributed by atoms with Gasteiger partial charge < -0.3 is 10.6 Å². The zero-order valence-corrected chi connectivity index (χ0v) is 16.1. The summed E-state index contributed by atoms with van der Waals surface area (Å²) in [7, 11) is 0. The number of alkyl halides is 3. The number of halogens is 3. The summed E-state index contributed by atoms with van der Waals surface area (Å²) in [5.74, 6) is -0.219. The quantitative estimate of drug-likeness (QED) is 0.640. The fraction of sp³-hybridized carbons (Fsp3) is 0.364. The number of hydrogen-bond acceptors (Lipinski definition) is 3. The average Bonchev–Trinajstić information content (AvgIpc) is 2.63. The van der Waals surface area contributed by atoms with Gasteiger partial charge in [-0.2, -0.15) is 13.2 Å². The molecule has 0 aliphatic heterocycles. The van der Waals surface area contributed by atoms with Crippen LogP contribution in [0.3, 0.4) is 0 Å². The van der Waals surface area contributed by atoms with E-state index in [4.69, 9.17) is 0 Å². The Kier molecular flexibility index (Phi) is 6.37. The maximum absolute atomic E-state index is 13.1. The molecule has 2 aromatic carbocycles. The third-order valence-electron chi connectivity index (χ3n) is 5.23. The minimum atomic E-state index is -4.40. The molecule has 7 heteroatoms. The number of ketones is 1. The highest BCUT2D eigenvalue weighted by Gasteiger charge is 2.33. The van der Waals surface area contributed by atoms with Crippen molar-refractivity contribution >= 4 is 17.4 Å². The number of Topliss-reactive ketones (excluding diaryl/α,β-unsaturated/α-hetero) is 1. The van der Waals surface area contributed by atoms with Gasteiger partial charge in [0.15, 0.2) is 5.78 Å². The van der Waals surface area contributed by atoms with Gasteiger partial charge in [-0.15, -0.1) is 0 Å². The molecule has 154 valence electrons. The Hall–Kier alpha value is -2.67. The van der Waals surface area contributed by atoms with Crippen LogP contribution < -0.4 is 10.6 Å². The molecule has 29 heavy (non-hydrogen) atoms. The van der Waals surface area contributed by atoms with Crippen molar-refractivity contribution < 1.29 is 22.8 Å². The highest BCUT2D eigenvalue weighted by atomic mass is 19.4. The molecule has 1 aliphatic carbocycles. The Morgan fingerprint density at radius 1 is 1.10 bits per heavy atom. The van der Waals surface area contributed by atoms with Crippen LogP contribution in [0.1, 0.15) is 53.7 Å². The molecule has 2 aromatic rings. The van der Waals surface area contributed by atoms with Gasteiger partial charge in [-0.25, -0.2) is 0 Å². The number of amides is 1. The van der Waals surface area contributed by atoms with Crippen LogP contribution in [-0.4, -0.2) is 18.2 Å². The summed E-state index contributed by atoms with van der Waals surface area (Å²) in [6.45, 7) is 1.41. The van der Waals surface area contributed by atoms with Crippen molar-refractivity contribution in [3.63, 3.8) is 0 Å². The molecule has 1 fully saturated rings. The first-order chi connectivity index (χ1) is 13.7. The fourth-order valence-electron chi connectivity index (χ4n) is 3.46. The van der Waals surface area contributed by atoms with Gasteiger partial charge in [0.2, 0.25) is 5.91 Å². The second-order valence-electron chi connectivity index (χ2n) is 7.36. The van der Waals surface area contributed by atoms with E-state index >= 15 is 0 Å². The van der Waals surface area contributed by atoms with E-state index in [0.29, 0.717) is 16.8 Å². The molecule has 1 amide bonds. The monoisotopic (exact) mass is 404 g/mol. The van der Waals surface area contributed by atoms with E-state index in [1.54, 1.807) is 30.3 Å². The van der Waals surface area contributed by atoms with E-state index in [1.807, 2.05) is 0 Å². The lowest BCUT2D eigenvalue weighted by atomic mass is 9.77. The lowest BCUT2D eigenvalue weighted by Gasteiger charge is -2.35. The van der Waals surface area contributed by atoms with E-state index < -0.39 is 11.7 Å². The van der Waals surface area contributed by atoms with E-state index in [9.17, 15) is 22.8 Å². The summed E-state index contributed by atoms with van der Waals surface area (Å²) >= 11 is 0. The third kappa shape index (κ3) is 5.44. The van der Waals surface area contributed by atoms with Gasteiger partial charge in [0.1, 0.15) is 0 Å². The third-order valence-corrected chi connectivity index (χ3v) is 5.23. The molecule has 0 aromatic heterocycles. The van der Waals surface area contributed by atoms with Crippen molar-refractivity contribution in [1.29, 1.82) is 0 Å². The smallest absolute Gasteiger partial charge is 0.325 e. The molecule has 0 spiro atoms. The number of nitrogens with one attached hydrogen (secondary N) is 2. The molecule has 1 aliphatic rings. The largest absolute Gasteiger partial charge is 0.416 e. The fourth-order valence-corrected chi connectivity index (χ4v) is 3.46. The minimum absolute atomic E-state index is 0.0400. The molecule has 1 atom stereocenters. The SMILES string of the molecule is CC(=O)c1cccc(NC(=O)CNC(c2cccc(C(F)(F)F)c2)C2CCC2)c1. The zero-order chi connectivity index (χ0) is 21.0. The molecule has 2 N–H and O–H groups in total. The van der Waals surface area contributed by atoms with Crippen LogP contribution >= 0.6 is 0 Å². The van der Waals surface area contributed by atoms with Crippen LogP contribution in [0.5, 0.6) is 0 Å². The van der Waals surface area contributed by atoms with Crippen molar-refractivity contribution in [2.75, 3.05) is 11.9 Å². The van der Waals surface area contributed by atoms with Gasteiger partial charge >= 0.3 is 6.18 Å². The Balaban J connectivity index is 1.68. The van der Waals surface area contributed by atoms with E-state index in [1.165, 1.54) is 13.0 Å². The minimum Gasteiger partial charge on any atom is -0.325 e. The van der Waals surface area contributed by atoms with E-state index in [0.717, 1.165) is 31.4 Å². The predicted octanol–water partition coefficient (Wildman–Crippen LogP) is 4.98. The molecule has 4 nitrogen and oxygen atoms in total. The van der Waals surface area contributed by atoms with E-state index in [2.05, 4.69) is 10.6 Å². The Labute approximate surface area is 167 Å². The van der Waals surface area contributed by atoms with Gasteiger partial charge in [0.05, 0.1) is 12.1 Å². The van der Waals surface area contributed by atoms with Gasteiger partial charge in [-0.05, 0) is 55.5 Å². The maximum Gasteiger partial charge on any atom is 0.416 e. The number of carbonyl (C=O) groups excluding carboxylic acids is 2. The van der Waals surface area contributed by atoms with Crippen molar-refractivity contribution in [2.24, 2.45) is 5.92 Å². The first kappa shape index (κ1) is 21.0. The van der Waals surface area contributed by atoms with Crippen LogP contribution in [-0.2, 0) is 11.0 Å². The number of hydrogen-bond donors (Lipinski definition) is 2. The van der Waals surface area contributed by atoms with Gasteiger partial charge in [0.25, 0.3) is 0 Å². The second kappa shape index (κ2) is 8.78. The van der Waals surface area contributed by atoms with Crippen molar-refractivity contribution in [1.82, 2.24) is 5.32 Å². The number of benzene rings is 2.